The number of thioether (sulfide) groups is 1. The van der Waals surface area contributed by atoms with Crippen LogP contribution in [0, 0.1) is 0 Å². The lowest BCUT2D eigenvalue weighted by Crippen LogP contribution is -2.38. The first-order valence-electron chi connectivity index (χ1n) is 8.21. The summed E-state index contributed by atoms with van der Waals surface area (Å²) in [6.45, 7) is 7.39. The molecular formula is C18H27N5OS. The molecule has 0 saturated heterocycles. The minimum atomic E-state index is -0.146. The maximum Gasteiger partial charge on any atom is 0.232 e. The maximum absolute atomic E-state index is 5.32. The standard InChI is InChI=1S/C18H27N5OS/c1-18(2,3)16-21-15(22-24-16)11-20-17(19-4)23(5)12-13-7-9-14(25-6)10-8-13/h7-10H,11-12H2,1-6H3,(H,19,20). The Kier molecular flexibility index (Phi) is 6.47. The lowest BCUT2D eigenvalue weighted by molar-refractivity contribution is 0.318. The highest BCUT2D eigenvalue weighted by atomic mass is 32.2. The van der Waals surface area contributed by atoms with Crippen LogP contribution in [-0.4, -0.2) is 41.4 Å². The molecule has 0 atom stereocenters. The van der Waals surface area contributed by atoms with E-state index in [0.29, 0.717) is 18.3 Å². The van der Waals surface area contributed by atoms with E-state index in [4.69, 9.17) is 4.52 Å². The van der Waals surface area contributed by atoms with E-state index in [2.05, 4.69) is 55.9 Å². The summed E-state index contributed by atoms with van der Waals surface area (Å²) in [4.78, 5) is 12.1. The number of hydrogen-bond acceptors (Lipinski definition) is 5. The maximum atomic E-state index is 5.32. The van der Waals surface area contributed by atoms with Gasteiger partial charge in [-0.1, -0.05) is 38.1 Å². The van der Waals surface area contributed by atoms with Crippen molar-refractivity contribution < 1.29 is 4.52 Å². The first kappa shape index (κ1) is 19.3. The van der Waals surface area contributed by atoms with E-state index in [1.807, 2.05) is 27.8 Å². The quantitative estimate of drug-likeness (QED) is 0.501. The molecule has 0 bridgehead atoms. The second-order valence-corrected chi connectivity index (χ2v) is 7.75. The molecule has 0 aliphatic rings. The number of hydrogen-bond donors (Lipinski definition) is 1. The van der Waals surface area contributed by atoms with Crippen LogP contribution in [0.5, 0.6) is 0 Å². The molecule has 0 aliphatic carbocycles. The van der Waals surface area contributed by atoms with E-state index in [9.17, 15) is 0 Å². The summed E-state index contributed by atoms with van der Waals surface area (Å²) in [5.41, 5.74) is 1.09. The van der Waals surface area contributed by atoms with Gasteiger partial charge in [-0.2, -0.15) is 4.98 Å². The van der Waals surface area contributed by atoms with Gasteiger partial charge in [0, 0.05) is 31.0 Å². The van der Waals surface area contributed by atoms with Crippen molar-refractivity contribution in [3.63, 3.8) is 0 Å². The highest BCUT2D eigenvalue weighted by Crippen LogP contribution is 2.19. The molecular weight excluding hydrogens is 334 g/mol. The molecule has 0 fully saturated rings. The topological polar surface area (TPSA) is 66.5 Å². The average molecular weight is 362 g/mol. The van der Waals surface area contributed by atoms with Crippen LogP contribution < -0.4 is 5.32 Å². The van der Waals surface area contributed by atoms with E-state index in [1.165, 1.54) is 10.5 Å². The Morgan fingerprint density at radius 1 is 1.28 bits per heavy atom. The first-order chi connectivity index (χ1) is 11.8. The molecule has 0 unspecified atom stereocenters. The molecule has 2 aromatic rings. The van der Waals surface area contributed by atoms with Crippen molar-refractivity contribution in [2.75, 3.05) is 20.4 Å². The fourth-order valence-corrected chi connectivity index (χ4v) is 2.66. The smallest absolute Gasteiger partial charge is 0.232 e. The Bertz CT molecular complexity index is 703. The minimum absolute atomic E-state index is 0.146. The Labute approximate surface area is 154 Å². The van der Waals surface area contributed by atoms with Gasteiger partial charge in [-0.15, -0.1) is 11.8 Å². The van der Waals surface area contributed by atoms with Crippen molar-refractivity contribution in [3.05, 3.63) is 41.5 Å². The van der Waals surface area contributed by atoms with Gasteiger partial charge >= 0.3 is 0 Å². The zero-order chi connectivity index (χ0) is 18.4. The molecule has 1 heterocycles. The van der Waals surface area contributed by atoms with Gasteiger partial charge in [0.15, 0.2) is 11.8 Å². The summed E-state index contributed by atoms with van der Waals surface area (Å²) in [5.74, 6) is 2.06. The van der Waals surface area contributed by atoms with Gasteiger partial charge in [0.05, 0.1) is 6.54 Å². The predicted molar refractivity (Wildman–Crippen MR) is 103 cm³/mol. The van der Waals surface area contributed by atoms with Crippen LogP contribution in [0.25, 0.3) is 0 Å². The molecule has 0 amide bonds. The van der Waals surface area contributed by atoms with Crippen LogP contribution in [0.3, 0.4) is 0 Å². The molecule has 0 radical (unpaired) electrons. The summed E-state index contributed by atoms with van der Waals surface area (Å²) in [6.07, 6.45) is 2.08. The highest BCUT2D eigenvalue weighted by Gasteiger charge is 2.21. The summed E-state index contributed by atoms with van der Waals surface area (Å²) >= 11 is 1.74. The van der Waals surface area contributed by atoms with Crippen molar-refractivity contribution >= 4 is 17.7 Å². The highest BCUT2D eigenvalue weighted by molar-refractivity contribution is 7.98. The molecule has 1 aromatic heterocycles. The third-order valence-electron chi connectivity index (χ3n) is 3.67. The summed E-state index contributed by atoms with van der Waals surface area (Å²) in [6, 6.07) is 8.56. The summed E-state index contributed by atoms with van der Waals surface area (Å²) in [7, 11) is 3.78. The van der Waals surface area contributed by atoms with Gasteiger partial charge in [-0.3, -0.25) is 4.99 Å². The summed E-state index contributed by atoms with van der Waals surface area (Å²) < 4.78 is 5.32. The second-order valence-electron chi connectivity index (χ2n) is 6.87. The van der Waals surface area contributed by atoms with Crippen molar-refractivity contribution in [1.29, 1.82) is 0 Å². The van der Waals surface area contributed by atoms with Crippen molar-refractivity contribution in [1.82, 2.24) is 20.4 Å². The average Bonchev–Trinajstić information content (AvgIpc) is 3.05. The molecule has 7 heteroatoms. The van der Waals surface area contributed by atoms with Crippen LogP contribution in [0.1, 0.15) is 38.0 Å². The molecule has 0 saturated carbocycles. The van der Waals surface area contributed by atoms with Gasteiger partial charge in [0.2, 0.25) is 5.89 Å². The van der Waals surface area contributed by atoms with E-state index in [0.717, 1.165) is 12.5 Å². The molecule has 6 nitrogen and oxygen atoms in total. The Balaban J connectivity index is 1.93. The van der Waals surface area contributed by atoms with E-state index in [1.54, 1.807) is 18.8 Å². The number of aliphatic imine (C=N–C) groups is 1. The Morgan fingerprint density at radius 3 is 2.48 bits per heavy atom. The SMILES string of the molecule is CN=C(NCc1noc(C(C)(C)C)n1)N(C)Cc1ccc(SC)cc1. The molecule has 1 N–H and O–H groups in total. The third-order valence-corrected chi connectivity index (χ3v) is 4.41. The molecule has 136 valence electrons. The number of guanidine groups is 1. The number of benzene rings is 1. The van der Waals surface area contributed by atoms with E-state index < -0.39 is 0 Å². The largest absolute Gasteiger partial charge is 0.349 e. The Hall–Kier alpha value is -2.02. The fraction of sp³-hybridized carbons (Fsp3) is 0.500. The molecule has 2 rings (SSSR count). The van der Waals surface area contributed by atoms with Gasteiger partial charge in [-0.25, -0.2) is 0 Å². The van der Waals surface area contributed by atoms with Crippen LogP contribution in [0.15, 0.2) is 38.7 Å². The minimum Gasteiger partial charge on any atom is -0.349 e. The zero-order valence-corrected chi connectivity index (χ0v) is 16.6. The number of rotatable bonds is 5. The molecule has 25 heavy (non-hydrogen) atoms. The molecule has 0 spiro atoms. The van der Waals surface area contributed by atoms with Crippen LogP contribution in [0.4, 0.5) is 0 Å². The third kappa shape index (κ3) is 5.49. The number of nitrogens with one attached hydrogen (secondary N) is 1. The van der Waals surface area contributed by atoms with Gasteiger partial charge in [0.1, 0.15) is 0 Å². The molecule has 0 aliphatic heterocycles. The number of aromatic nitrogens is 2. The first-order valence-corrected chi connectivity index (χ1v) is 9.43. The fourth-order valence-electron chi connectivity index (χ4n) is 2.25. The van der Waals surface area contributed by atoms with E-state index >= 15 is 0 Å². The van der Waals surface area contributed by atoms with Gasteiger partial charge in [-0.05, 0) is 24.0 Å². The lowest BCUT2D eigenvalue weighted by atomic mass is 9.97. The van der Waals surface area contributed by atoms with Crippen molar-refractivity contribution in [2.45, 2.75) is 44.2 Å². The number of nitrogens with zero attached hydrogens (tertiary/aromatic N) is 4. The predicted octanol–water partition coefficient (Wildman–Crippen LogP) is 3.30. The van der Waals surface area contributed by atoms with Crippen LogP contribution >= 0.6 is 11.8 Å². The second kappa shape index (κ2) is 8.38. The monoisotopic (exact) mass is 361 g/mol. The van der Waals surface area contributed by atoms with Gasteiger partial charge in [0.25, 0.3) is 0 Å². The Morgan fingerprint density at radius 2 is 1.96 bits per heavy atom. The normalized spacial score (nSPS) is 12.3. The zero-order valence-electron chi connectivity index (χ0n) is 15.8. The van der Waals surface area contributed by atoms with Crippen LogP contribution in [0.2, 0.25) is 0 Å². The molecule has 1 aromatic carbocycles. The lowest BCUT2D eigenvalue weighted by Gasteiger charge is -2.21. The van der Waals surface area contributed by atoms with Crippen LogP contribution in [-0.2, 0) is 18.5 Å². The van der Waals surface area contributed by atoms with Gasteiger partial charge < -0.3 is 14.7 Å². The summed E-state index contributed by atoms with van der Waals surface area (Å²) in [5, 5.41) is 7.31. The van der Waals surface area contributed by atoms with E-state index in [-0.39, 0.29) is 5.41 Å². The van der Waals surface area contributed by atoms with Crippen molar-refractivity contribution in [3.8, 4) is 0 Å². The van der Waals surface area contributed by atoms with Crippen molar-refractivity contribution in [2.24, 2.45) is 4.99 Å².